The molecule has 0 bridgehead atoms. The van der Waals surface area contributed by atoms with Crippen LogP contribution in [0.25, 0.3) is 0 Å². The molecule has 4 nitrogen and oxygen atoms in total. The summed E-state index contributed by atoms with van der Waals surface area (Å²) in [7, 11) is 0. The predicted molar refractivity (Wildman–Crippen MR) is 59.8 cm³/mol. The molecule has 0 amide bonds. The van der Waals surface area contributed by atoms with Gasteiger partial charge in [-0.1, -0.05) is 12.1 Å². The molecule has 0 saturated carbocycles. The van der Waals surface area contributed by atoms with Gasteiger partial charge in [0.15, 0.2) is 5.82 Å². The highest BCUT2D eigenvalue weighted by molar-refractivity contribution is 4.87. The Morgan fingerprint density at radius 3 is 2.60 bits per heavy atom. The lowest BCUT2D eigenvalue weighted by Crippen LogP contribution is -2.37. The van der Waals surface area contributed by atoms with Crippen LogP contribution in [0.5, 0.6) is 0 Å². The van der Waals surface area contributed by atoms with Crippen molar-refractivity contribution in [1.29, 1.82) is 0 Å². The monoisotopic (exact) mass is 211 g/mol. The summed E-state index contributed by atoms with van der Waals surface area (Å²) in [5.74, 6) is 1.55. The molecular weight excluding hydrogens is 190 g/mol. The summed E-state index contributed by atoms with van der Waals surface area (Å²) < 4.78 is 5.13. The SMILES string of the molecule is CCCc1noc(CCNC(C)(C)C)n1. The maximum Gasteiger partial charge on any atom is 0.227 e. The van der Waals surface area contributed by atoms with E-state index in [2.05, 4.69) is 43.2 Å². The molecule has 0 aliphatic carbocycles. The molecule has 15 heavy (non-hydrogen) atoms. The van der Waals surface area contributed by atoms with Crippen molar-refractivity contribution in [3.05, 3.63) is 11.7 Å². The van der Waals surface area contributed by atoms with E-state index in [9.17, 15) is 0 Å². The highest BCUT2D eigenvalue weighted by Gasteiger charge is 2.10. The Bertz CT molecular complexity index is 288. The number of hydrogen-bond acceptors (Lipinski definition) is 4. The summed E-state index contributed by atoms with van der Waals surface area (Å²) in [6.45, 7) is 9.41. The van der Waals surface area contributed by atoms with Gasteiger partial charge in [0.05, 0.1) is 0 Å². The maximum atomic E-state index is 5.13. The third kappa shape index (κ3) is 4.93. The van der Waals surface area contributed by atoms with Gasteiger partial charge in [0.25, 0.3) is 0 Å². The molecule has 0 unspecified atom stereocenters. The van der Waals surface area contributed by atoms with Crippen LogP contribution in [-0.2, 0) is 12.8 Å². The molecule has 0 spiro atoms. The van der Waals surface area contributed by atoms with E-state index >= 15 is 0 Å². The Balaban J connectivity index is 2.31. The second kappa shape index (κ2) is 5.26. The number of rotatable bonds is 5. The Labute approximate surface area is 91.5 Å². The third-order valence-electron chi connectivity index (χ3n) is 1.98. The van der Waals surface area contributed by atoms with E-state index in [1.54, 1.807) is 0 Å². The lowest BCUT2D eigenvalue weighted by Gasteiger charge is -2.19. The molecule has 1 N–H and O–H groups in total. The van der Waals surface area contributed by atoms with Gasteiger partial charge < -0.3 is 9.84 Å². The predicted octanol–water partition coefficient (Wildman–Crippen LogP) is 1.95. The van der Waals surface area contributed by atoms with Gasteiger partial charge in [0, 0.05) is 24.9 Å². The number of nitrogens with one attached hydrogen (secondary N) is 1. The Morgan fingerprint density at radius 1 is 1.27 bits per heavy atom. The van der Waals surface area contributed by atoms with Crippen LogP contribution in [0.3, 0.4) is 0 Å². The van der Waals surface area contributed by atoms with E-state index in [-0.39, 0.29) is 5.54 Å². The van der Waals surface area contributed by atoms with Gasteiger partial charge in [0.2, 0.25) is 5.89 Å². The molecule has 0 aliphatic rings. The normalized spacial score (nSPS) is 12.0. The maximum absolute atomic E-state index is 5.13. The van der Waals surface area contributed by atoms with Crippen molar-refractivity contribution in [2.24, 2.45) is 0 Å². The second-order valence-corrected chi connectivity index (χ2v) is 4.78. The fraction of sp³-hybridized carbons (Fsp3) is 0.818. The molecule has 4 heteroatoms. The largest absolute Gasteiger partial charge is 0.339 e. The summed E-state index contributed by atoms with van der Waals surface area (Å²) in [4.78, 5) is 4.30. The first kappa shape index (κ1) is 12.2. The van der Waals surface area contributed by atoms with E-state index in [0.29, 0.717) is 0 Å². The standard InChI is InChI=1S/C11H21N3O/c1-5-6-9-13-10(15-14-9)7-8-12-11(2,3)4/h12H,5-8H2,1-4H3. The Morgan fingerprint density at radius 2 is 2.00 bits per heavy atom. The lowest BCUT2D eigenvalue weighted by molar-refractivity contribution is 0.358. The minimum atomic E-state index is 0.145. The summed E-state index contributed by atoms with van der Waals surface area (Å²) in [5, 5.41) is 7.29. The van der Waals surface area contributed by atoms with Crippen LogP contribution in [-0.4, -0.2) is 22.2 Å². The van der Waals surface area contributed by atoms with Gasteiger partial charge in [-0.05, 0) is 27.2 Å². The topological polar surface area (TPSA) is 51.0 Å². The van der Waals surface area contributed by atoms with Crippen molar-refractivity contribution in [2.75, 3.05) is 6.54 Å². The number of hydrogen-bond donors (Lipinski definition) is 1. The molecule has 1 heterocycles. The van der Waals surface area contributed by atoms with Crippen LogP contribution in [0.15, 0.2) is 4.52 Å². The summed E-state index contributed by atoms with van der Waals surface area (Å²) in [6, 6.07) is 0. The molecule has 0 fully saturated rings. The first-order valence-corrected chi connectivity index (χ1v) is 5.58. The zero-order valence-corrected chi connectivity index (χ0v) is 10.1. The molecule has 1 aromatic rings. The van der Waals surface area contributed by atoms with E-state index < -0.39 is 0 Å². The van der Waals surface area contributed by atoms with Crippen molar-refractivity contribution in [2.45, 2.75) is 52.5 Å². The highest BCUT2D eigenvalue weighted by atomic mass is 16.5. The van der Waals surface area contributed by atoms with Gasteiger partial charge in [-0.2, -0.15) is 4.98 Å². The minimum absolute atomic E-state index is 0.145. The lowest BCUT2D eigenvalue weighted by atomic mass is 10.1. The van der Waals surface area contributed by atoms with Gasteiger partial charge in [-0.3, -0.25) is 0 Å². The summed E-state index contributed by atoms with van der Waals surface area (Å²) in [6.07, 6.45) is 2.75. The average Bonchev–Trinajstić information content (AvgIpc) is 2.51. The van der Waals surface area contributed by atoms with E-state index in [1.807, 2.05) is 0 Å². The van der Waals surface area contributed by atoms with Crippen LogP contribution < -0.4 is 5.32 Å². The van der Waals surface area contributed by atoms with Crippen molar-refractivity contribution in [3.63, 3.8) is 0 Å². The summed E-state index contributed by atoms with van der Waals surface area (Å²) >= 11 is 0. The van der Waals surface area contributed by atoms with Gasteiger partial charge >= 0.3 is 0 Å². The zero-order chi connectivity index (χ0) is 11.3. The molecule has 1 rings (SSSR count). The summed E-state index contributed by atoms with van der Waals surface area (Å²) in [5.41, 5.74) is 0.145. The van der Waals surface area contributed by atoms with Crippen LogP contribution in [0.4, 0.5) is 0 Å². The first-order chi connectivity index (χ1) is 7.01. The number of nitrogens with zero attached hydrogens (tertiary/aromatic N) is 2. The molecule has 0 aromatic carbocycles. The third-order valence-corrected chi connectivity index (χ3v) is 1.98. The molecule has 0 aliphatic heterocycles. The van der Waals surface area contributed by atoms with Gasteiger partial charge in [-0.25, -0.2) is 0 Å². The van der Waals surface area contributed by atoms with Crippen molar-refractivity contribution < 1.29 is 4.52 Å². The van der Waals surface area contributed by atoms with Crippen LogP contribution in [0, 0.1) is 0 Å². The van der Waals surface area contributed by atoms with Crippen molar-refractivity contribution in [3.8, 4) is 0 Å². The highest BCUT2D eigenvalue weighted by Crippen LogP contribution is 2.02. The molecular formula is C11H21N3O. The molecule has 0 saturated heterocycles. The first-order valence-electron chi connectivity index (χ1n) is 5.58. The fourth-order valence-electron chi connectivity index (χ4n) is 1.26. The van der Waals surface area contributed by atoms with Crippen LogP contribution >= 0.6 is 0 Å². The van der Waals surface area contributed by atoms with E-state index in [0.717, 1.165) is 37.5 Å². The van der Waals surface area contributed by atoms with Gasteiger partial charge in [0.1, 0.15) is 0 Å². The molecule has 86 valence electrons. The molecule has 0 atom stereocenters. The smallest absolute Gasteiger partial charge is 0.227 e. The number of aryl methyl sites for hydroxylation is 1. The van der Waals surface area contributed by atoms with E-state index in [4.69, 9.17) is 4.52 Å². The van der Waals surface area contributed by atoms with Crippen molar-refractivity contribution in [1.82, 2.24) is 15.5 Å². The molecule has 0 radical (unpaired) electrons. The Kier molecular flexibility index (Phi) is 4.27. The van der Waals surface area contributed by atoms with Crippen LogP contribution in [0.2, 0.25) is 0 Å². The number of aromatic nitrogens is 2. The van der Waals surface area contributed by atoms with Crippen LogP contribution in [0.1, 0.15) is 45.8 Å². The van der Waals surface area contributed by atoms with Crippen molar-refractivity contribution >= 4 is 0 Å². The van der Waals surface area contributed by atoms with E-state index in [1.165, 1.54) is 0 Å². The molecule has 1 aromatic heterocycles. The minimum Gasteiger partial charge on any atom is -0.339 e. The fourth-order valence-corrected chi connectivity index (χ4v) is 1.26. The Hall–Kier alpha value is -0.900. The zero-order valence-electron chi connectivity index (χ0n) is 10.1. The van der Waals surface area contributed by atoms with Gasteiger partial charge in [-0.15, -0.1) is 0 Å². The average molecular weight is 211 g/mol. The second-order valence-electron chi connectivity index (χ2n) is 4.78. The quantitative estimate of drug-likeness (QED) is 0.808.